The van der Waals surface area contributed by atoms with E-state index in [2.05, 4.69) is 189 Å². The zero-order chi connectivity index (χ0) is 83.1. The lowest BCUT2D eigenvalue weighted by Gasteiger charge is -2.48. The van der Waals surface area contributed by atoms with Gasteiger partial charge in [0.1, 0.15) is 73.2 Å². The Morgan fingerprint density at radius 3 is 0.974 bits per heavy atom. The molecule has 654 valence electrons. The van der Waals surface area contributed by atoms with Gasteiger partial charge in [0.05, 0.1) is 38.6 Å². The minimum atomic E-state index is -2.00. The molecule has 3 aliphatic heterocycles. The minimum Gasteiger partial charge on any atom is -0.394 e. The number of nitrogens with one attached hydrogen (secondary N) is 1. The lowest BCUT2D eigenvalue weighted by atomic mass is 9.96. The van der Waals surface area contributed by atoms with Crippen LogP contribution in [0.25, 0.3) is 0 Å². The highest BCUT2D eigenvalue weighted by atomic mass is 16.8. The molecular formula is C96H157NO18. The van der Waals surface area contributed by atoms with Crippen molar-refractivity contribution in [1.82, 2.24) is 5.32 Å². The Balaban J connectivity index is 1.38. The minimum absolute atomic E-state index is 0.164. The maximum Gasteiger partial charge on any atom is 0.220 e. The van der Waals surface area contributed by atoms with Gasteiger partial charge in [0.15, 0.2) is 18.9 Å². The van der Waals surface area contributed by atoms with Crippen LogP contribution >= 0.6 is 0 Å². The smallest absolute Gasteiger partial charge is 0.220 e. The van der Waals surface area contributed by atoms with Gasteiger partial charge in [-0.3, -0.25) is 4.79 Å². The summed E-state index contributed by atoms with van der Waals surface area (Å²) in [4.78, 5) is 13.5. The van der Waals surface area contributed by atoms with Crippen molar-refractivity contribution in [3.63, 3.8) is 0 Å². The largest absolute Gasteiger partial charge is 0.394 e. The maximum absolute atomic E-state index is 13.5. The molecule has 17 atom stereocenters. The first-order chi connectivity index (χ1) is 56.3. The van der Waals surface area contributed by atoms with Gasteiger partial charge in [-0.1, -0.05) is 325 Å². The molecule has 0 aromatic carbocycles. The number of unbranched alkanes of at least 4 members (excludes halogenated alkanes) is 25. The Labute approximate surface area is 693 Å². The zero-order valence-corrected chi connectivity index (χ0v) is 70.4. The second-order valence-electron chi connectivity index (χ2n) is 30.6. The number of carbonyl (C=O) groups is 1. The molecule has 19 heteroatoms. The fourth-order valence-corrected chi connectivity index (χ4v) is 13.6. The molecule has 0 spiro atoms. The maximum atomic E-state index is 13.5. The van der Waals surface area contributed by atoms with Crippen LogP contribution in [-0.4, -0.2) is 193 Å². The third-order valence-corrected chi connectivity index (χ3v) is 20.7. The number of carbonyl (C=O) groups excluding carboxylic acids is 1. The fraction of sp³-hybridized carbons (Fsp3) is 0.677. The van der Waals surface area contributed by atoms with Crippen LogP contribution in [0.2, 0.25) is 0 Å². The van der Waals surface area contributed by atoms with Crippen LogP contribution in [0.15, 0.2) is 182 Å². The van der Waals surface area contributed by atoms with E-state index in [1.807, 2.05) is 6.08 Å². The van der Waals surface area contributed by atoms with Crippen molar-refractivity contribution in [2.75, 3.05) is 26.4 Å². The van der Waals surface area contributed by atoms with Gasteiger partial charge in [0, 0.05) is 6.42 Å². The summed E-state index contributed by atoms with van der Waals surface area (Å²) in [6.45, 7) is 1.57. The van der Waals surface area contributed by atoms with Crippen molar-refractivity contribution in [3.05, 3.63) is 182 Å². The molecule has 1 amide bonds. The van der Waals surface area contributed by atoms with Gasteiger partial charge in [-0.15, -0.1) is 0 Å². The predicted molar refractivity (Wildman–Crippen MR) is 465 cm³/mol. The summed E-state index contributed by atoms with van der Waals surface area (Å²) in [5.41, 5.74) is 0. The highest BCUT2D eigenvalue weighted by Gasteiger charge is 2.54. The average molecular weight is 1610 g/mol. The molecule has 3 saturated heterocycles. The number of aliphatic hydroxyl groups is 11. The molecule has 115 heavy (non-hydrogen) atoms. The van der Waals surface area contributed by atoms with E-state index in [-0.39, 0.29) is 12.3 Å². The molecule has 0 aromatic heterocycles. The van der Waals surface area contributed by atoms with E-state index in [0.29, 0.717) is 12.8 Å². The van der Waals surface area contributed by atoms with Gasteiger partial charge in [0.2, 0.25) is 5.91 Å². The number of aliphatic hydroxyl groups excluding tert-OH is 11. The van der Waals surface area contributed by atoms with Gasteiger partial charge in [-0.25, -0.2) is 0 Å². The predicted octanol–water partition coefficient (Wildman–Crippen LogP) is 17.1. The van der Waals surface area contributed by atoms with Gasteiger partial charge in [0.25, 0.3) is 0 Å². The molecule has 12 N–H and O–H groups in total. The normalized spacial score (nSPS) is 25.5. The van der Waals surface area contributed by atoms with Crippen LogP contribution < -0.4 is 5.32 Å². The van der Waals surface area contributed by atoms with Crippen LogP contribution in [0.3, 0.4) is 0 Å². The molecule has 0 saturated carbocycles. The second kappa shape index (κ2) is 72.9. The third-order valence-electron chi connectivity index (χ3n) is 20.7. The molecule has 0 aliphatic carbocycles. The standard InChI is InChI=1S/C96H157NO18/c1-3-5-7-9-11-13-15-17-19-21-23-25-27-29-31-33-35-36-37-38-39-40-41-42-44-46-48-50-52-54-56-58-60-62-64-66-68-70-72-74-84(102)97-79(80(101)73-71-69-67-65-63-61-59-57-55-53-51-49-47-45-43-34-32-30-28-26-24-22-20-18-16-14-12-10-8-6-4-2)78-110-94-90(108)87(105)92(82(76-99)112-94)115-96-91(109)88(106)93(83(77-100)113-96)114-95-89(107)86(104)85(103)81(75-98)111-95/h5,7,11,13,17,19,23,25,29,31,35-36,38-39,41-42,46,48,52,54-55,57-58,60,63-66,71,73,79-83,85-96,98-101,103-109H,3-4,6,8-10,12,14-16,18,20-22,24,26-28,30,32-34,37,40,43-45,47,49-51,53,56,59,61-62,67-70,72,74-78H2,1-2H3,(H,97,102)/b7-5-,13-11-,19-17-,25-23-,31-29-,36-35-,39-38-,42-41-,48-46-,54-52-,57-55+,60-58-,65-63+,66-64-,73-71+. The first-order valence-electron chi connectivity index (χ1n) is 44.5. The summed E-state index contributed by atoms with van der Waals surface area (Å²) < 4.78 is 34.4. The monoisotopic (exact) mass is 1610 g/mol. The molecule has 19 nitrogen and oxygen atoms in total. The number of allylic oxidation sites excluding steroid dienone is 29. The molecular weight excluding hydrogens is 1460 g/mol. The summed E-state index contributed by atoms with van der Waals surface area (Å²) in [6.07, 6.45) is 84.7. The first-order valence-corrected chi connectivity index (χ1v) is 44.5. The van der Waals surface area contributed by atoms with Crippen LogP contribution in [0.4, 0.5) is 0 Å². The lowest BCUT2D eigenvalue weighted by Crippen LogP contribution is -2.66. The van der Waals surface area contributed by atoms with Crippen LogP contribution in [0, 0.1) is 0 Å². The fourth-order valence-electron chi connectivity index (χ4n) is 13.6. The molecule has 0 aromatic rings. The molecule has 3 fully saturated rings. The van der Waals surface area contributed by atoms with Crippen molar-refractivity contribution >= 4 is 5.91 Å². The molecule has 3 aliphatic rings. The highest BCUT2D eigenvalue weighted by Crippen LogP contribution is 2.33. The third kappa shape index (κ3) is 51.2. The Morgan fingerprint density at radius 1 is 0.322 bits per heavy atom. The quantitative estimate of drug-likeness (QED) is 0.0199. The summed E-state index contributed by atoms with van der Waals surface area (Å²) in [5.74, 6) is -0.337. The Hall–Kier alpha value is -5.11. The van der Waals surface area contributed by atoms with E-state index in [9.17, 15) is 61.0 Å². The summed E-state index contributed by atoms with van der Waals surface area (Å²) in [5, 5.41) is 121. The SMILES string of the molecule is CC/C=C\C/C=C\C/C=C\C/C=C\C/C=C\C/C=C\C/C=C\C/C=C\C/C=C\C/C=C\C/C=C\C/C=C\CCCCC(=O)NC(COC1OC(CO)C(OC2OC(CO)C(OC3OC(CO)C(O)C(O)C3O)C(O)C2O)C(O)C1O)C(O)/C=C/CC/C=C/CC/C=C/CCCCCCCCCCCCCCCCCCCCCCC. The van der Waals surface area contributed by atoms with E-state index in [4.69, 9.17) is 28.4 Å². The summed E-state index contributed by atoms with van der Waals surface area (Å²) in [7, 11) is 0. The van der Waals surface area contributed by atoms with Crippen molar-refractivity contribution < 1.29 is 89.4 Å². The van der Waals surface area contributed by atoms with E-state index in [1.54, 1.807) is 6.08 Å². The van der Waals surface area contributed by atoms with E-state index in [1.165, 1.54) is 135 Å². The van der Waals surface area contributed by atoms with Crippen LogP contribution in [0.1, 0.15) is 284 Å². The van der Waals surface area contributed by atoms with E-state index < -0.39 is 131 Å². The number of amides is 1. The molecule has 3 rings (SSSR count). The zero-order valence-electron chi connectivity index (χ0n) is 70.4. The Morgan fingerprint density at radius 2 is 0.609 bits per heavy atom. The highest BCUT2D eigenvalue weighted by molar-refractivity contribution is 5.76. The number of hydrogen-bond acceptors (Lipinski definition) is 18. The van der Waals surface area contributed by atoms with E-state index in [0.717, 1.165) is 116 Å². The second-order valence-corrected chi connectivity index (χ2v) is 30.6. The van der Waals surface area contributed by atoms with Gasteiger partial charge < -0.3 is 89.9 Å². The van der Waals surface area contributed by atoms with Gasteiger partial charge >= 0.3 is 0 Å². The number of rotatable bonds is 69. The van der Waals surface area contributed by atoms with Crippen molar-refractivity contribution in [3.8, 4) is 0 Å². The average Bonchev–Trinajstić information content (AvgIpc) is 0.779. The summed E-state index contributed by atoms with van der Waals surface area (Å²) in [6, 6.07) is -1.04. The van der Waals surface area contributed by atoms with Crippen LogP contribution in [0.5, 0.6) is 0 Å². The first kappa shape index (κ1) is 104. The van der Waals surface area contributed by atoms with Crippen molar-refractivity contribution in [1.29, 1.82) is 0 Å². The van der Waals surface area contributed by atoms with Crippen molar-refractivity contribution in [2.45, 2.75) is 388 Å². The topological polar surface area (TPSA) is 307 Å². The number of hydrogen-bond donors (Lipinski definition) is 12. The molecule has 17 unspecified atom stereocenters. The Bertz CT molecular complexity index is 2800. The van der Waals surface area contributed by atoms with Gasteiger partial charge in [-0.05, 0) is 135 Å². The molecule has 0 radical (unpaired) electrons. The lowest BCUT2D eigenvalue weighted by molar-refractivity contribution is -0.379. The molecule has 3 heterocycles. The summed E-state index contributed by atoms with van der Waals surface area (Å²) >= 11 is 0. The van der Waals surface area contributed by atoms with Gasteiger partial charge in [-0.2, -0.15) is 0 Å². The molecule has 0 bridgehead atoms. The van der Waals surface area contributed by atoms with Crippen molar-refractivity contribution in [2.24, 2.45) is 0 Å². The number of ether oxygens (including phenoxy) is 6. The Kier molecular flexibility index (Phi) is 65.9. The van der Waals surface area contributed by atoms with Crippen LogP contribution in [-0.2, 0) is 33.2 Å². The van der Waals surface area contributed by atoms with E-state index >= 15 is 0 Å².